The van der Waals surface area contributed by atoms with Gasteiger partial charge in [0.1, 0.15) is 10.7 Å². The van der Waals surface area contributed by atoms with Crippen molar-refractivity contribution >= 4 is 34.5 Å². The number of hydrogen-bond acceptors (Lipinski definition) is 5. The van der Waals surface area contributed by atoms with Crippen molar-refractivity contribution in [3.8, 4) is 10.6 Å². The first-order valence-electron chi connectivity index (χ1n) is 8.36. The molecule has 132 valence electrons. The van der Waals surface area contributed by atoms with Gasteiger partial charge >= 0.3 is 0 Å². The first-order valence-corrected chi connectivity index (χ1v) is 9.62. The van der Waals surface area contributed by atoms with Gasteiger partial charge in [0.25, 0.3) is 5.91 Å². The van der Waals surface area contributed by atoms with Crippen molar-refractivity contribution in [2.24, 2.45) is 0 Å². The molecule has 1 fully saturated rings. The molecule has 1 aromatic carbocycles. The van der Waals surface area contributed by atoms with Gasteiger partial charge in [-0.1, -0.05) is 11.6 Å². The van der Waals surface area contributed by atoms with Crippen LogP contribution in [0.15, 0.2) is 54.2 Å². The van der Waals surface area contributed by atoms with Crippen LogP contribution in [-0.4, -0.2) is 47.0 Å². The van der Waals surface area contributed by atoms with E-state index in [-0.39, 0.29) is 5.91 Å². The minimum atomic E-state index is -0.00249. The number of pyridine rings is 1. The fourth-order valence-electron chi connectivity index (χ4n) is 2.98. The molecule has 0 bridgehead atoms. The number of aromatic nitrogens is 2. The lowest BCUT2D eigenvalue weighted by atomic mass is 10.2. The van der Waals surface area contributed by atoms with Crippen LogP contribution in [0.25, 0.3) is 10.6 Å². The van der Waals surface area contributed by atoms with Gasteiger partial charge in [-0.25, -0.2) is 4.98 Å². The Labute approximate surface area is 160 Å². The molecule has 0 atom stereocenters. The lowest BCUT2D eigenvalue weighted by Crippen LogP contribution is -2.48. The lowest BCUT2D eigenvalue weighted by Gasteiger charge is -2.35. The van der Waals surface area contributed by atoms with Gasteiger partial charge in [-0.05, 0) is 36.4 Å². The van der Waals surface area contributed by atoms with Gasteiger partial charge in [0.05, 0.1) is 0 Å². The molecule has 0 aliphatic carbocycles. The molecule has 3 heterocycles. The van der Waals surface area contributed by atoms with Gasteiger partial charge < -0.3 is 9.80 Å². The first kappa shape index (κ1) is 17.0. The Morgan fingerprint density at radius 1 is 1.00 bits per heavy atom. The Hall–Kier alpha value is -2.44. The second-order valence-corrected chi connectivity index (χ2v) is 7.32. The van der Waals surface area contributed by atoms with Gasteiger partial charge in [-0.2, -0.15) is 0 Å². The van der Waals surface area contributed by atoms with Crippen molar-refractivity contribution in [1.82, 2.24) is 14.9 Å². The Bertz CT molecular complexity index is 889. The summed E-state index contributed by atoms with van der Waals surface area (Å²) in [6.07, 6.45) is 3.46. The predicted molar refractivity (Wildman–Crippen MR) is 105 cm³/mol. The van der Waals surface area contributed by atoms with E-state index in [4.69, 9.17) is 11.6 Å². The molecule has 1 saturated heterocycles. The Morgan fingerprint density at radius 2 is 1.69 bits per heavy atom. The first-order chi connectivity index (χ1) is 12.7. The summed E-state index contributed by atoms with van der Waals surface area (Å²) in [5, 5.41) is 3.41. The molecule has 0 spiro atoms. The van der Waals surface area contributed by atoms with Gasteiger partial charge in [0.15, 0.2) is 0 Å². The molecular formula is C19H17ClN4OS. The molecule has 3 aromatic rings. The molecule has 0 N–H and O–H groups in total. The number of anilines is 1. The number of benzene rings is 1. The molecule has 0 radical (unpaired) electrons. The third-order valence-corrected chi connectivity index (χ3v) is 5.55. The van der Waals surface area contributed by atoms with E-state index in [0.29, 0.717) is 18.8 Å². The summed E-state index contributed by atoms with van der Waals surface area (Å²) in [4.78, 5) is 25.4. The van der Waals surface area contributed by atoms with Crippen LogP contribution in [0.4, 0.5) is 5.69 Å². The largest absolute Gasteiger partial charge is 0.368 e. The van der Waals surface area contributed by atoms with Crippen LogP contribution in [-0.2, 0) is 0 Å². The summed E-state index contributed by atoms with van der Waals surface area (Å²) in [6, 6.07) is 11.6. The monoisotopic (exact) mass is 384 g/mol. The van der Waals surface area contributed by atoms with Crippen molar-refractivity contribution in [3.05, 3.63) is 64.9 Å². The predicted octanol–water partition coefficient (Wildman–Crippen LogP) is 3.82. The van der Waals surface area contributed by atoms with Crippen LogP contribution in [0, 0.1) is 0 Å². The van der Waals surface area contributed by atoms with Crippen LogP contribution in [0.3, 0.4) is 0 Å². The normalized spacial score (nSPS) is 14.5. The Morgan fingerprint density at radius 3 is 2.38 bits per heavy atom. The van der Waals surface area contributed by atoms with E-state index in [9.17, 15) is 4.79 Å². The summed E-state index contributed by atoms with van der Waals surface area (Å²) in [6.45, 7) is 2.97. The van der Waals surface area contributed by atoms with Crippen LogP contribution < -0.4 is 4.90 Å². The van der Waals surface area contributed by atoms with Crippen LogP contribution in [0.2, 0.25) is 5.02 Å². The van der Waals surface area contributed by atoms with E-state index >= 15 is 0 Å². The third kappa shape index (κ3) is 3.57. The second-order valence-electron chi connectivity index (χ2n) is 6.03. The molecule has 4 rings (SSSR count). The van der Waals surface area contributed by atoms with E-state index in [2.05, 4.69) is 14.9 Å². The molecule has 2 aromatic heterocycles. The third-order valence-electron chi connectivity index (χ3n) is 4.41. The number of halogens is 1. The van der Waals surface area contributed by atoms with Crippen LogP contribution >= 0.6 is 22.9 Å². The fraction of sp³-hybridized carbons (Fsp3) is 0.211. The maximum atomic E-state index is 12.8. The number of nitrogens with zero attached hydrogens (tertiary/aromatic N) is 4. The highest BCUT2D eigenvalue weighted by Gasteiger charge is 2.24. The van der Waals surface area contributed by atoms with Crippen molar-refractivity contribution in [2.75, 3.05) is 31.1 Å². The minimum absolute atomic E-state index is 0.00249. The molecule has 1 aliphatic heterocycles. The number of hydrogen-bond donors (Lipinski definition) is 0. The van der Waals surface area contributed by atoms with Gasteiger partial charge in [0.2, 0.25) is 0 Å². The number of amides is 1. The summed E-state index contributed by atoms with van der Waals surface area (Å²) >= 11 is 7.43. The van der Waals surface area contributed by atoms with Gasteiger partial charge in [0, 0.05) is 60.2 Å². The molecular weight excluding hydrogens is 368 g/mol. The lowest BCUT2D eigenvalue weighted by molar-refractivity contribution is 0.0742. The second kappa shape index (κ2) is 7.43. The van der Waals surface area contributed by atoms with E-state index in [1.807, 2.05) is 46.7 Å². The summed E-state index contributed by atoms with van der Waals surface area (Å²) in [5.74, 6) is -0.00249. The Balaban J connectivity index is 1.41. The zero-order valence-corrected chi connectivity index (χ0v) is 15.6. The van der Waals surface area contributed by atoms with Gasteiger partial charge in [-0.15, -0.1) is 11.3 Å². The molecule has 0 saturated carbocycles. The number of rotatable bonds is 3. The van der Waals surface area contributed by atoms with Crippen molar-refractivity contribution < 1.29 is 4.79 Å². The van der Waals surface area contributed by atoms with E-state index in [1.54, 1.807) is 12.4 Å². The number of carbonyl (C=O) groups is 1. The quantitative estimate of drug-likeness (QED) is 0.688. The molecule has 7 heteroatoms. The highest BCUT2D eigenvalue weighted by Crippen LogP contribution is 2.24. The van der Waals surface area contributed by atoms with Crippen LogP contribution in [0.1, 0.15) is 10.5 Å². The number of carbonyl (C=O) groups excluding carboxylic acids is 1. The molecule has 26 heavy (non-hydrogen) atoms. The smallest absolute Gasteiger partial charge is 0.273 e. The summed E-state index contributed by atoms with van der Waals surface area (Å²) in [7, 11) is 0. The molecule has 0 unspecified atom stereocenters. The standard InChI is InChI=1S/C19H17ClN4OS/c20-15-1-3-16(4-2-15)23-9-11-24(12-10-23)19(25)17-13-26-18(22-17)14-5-7-21-8-6-14/h1-8,13H,9-12H2. The molecule has 1 aliphatic rings. The minimum Gasteiger partial charge on any atom is -0.368 e. The van der Waals surface area contributed by atoms with Crippen molar-refractivity contribution in [3.63, 3.8) is 0 Å². The average Bonchev–Trinajstić information content (AvgIpc) is 3.19. The average molecular weight is 385 g/mol. The molecule has 5 nitrogen and oxygen atoms in total. The number of piperazine rings is 1. The zero-order chi connectivity index (χ0) is 17.9. The zero-order valence-electron chi connectivity index (χ0n) is 14.0. The topological polar surface area (TPSA) is 49.3 Å². The summed E-state index contributed by atoms with van der Waals surface area (Å²) < 4.78 is 0. The highest BCUT2D eigenvalue weighted by atomic mass is 35.5. The van der Waals surface area contributed by atoms with Gasteiger partial charge in [-0.3, -0.25) is 9.78 Å². The van der Waals surface area contributed by atoms with Crippen molar-refractivity contribution in [1.29, 1.82) is 0 Å². The van der Waals surface area contributed by atoms with E-state index in [0.717, 1.165) is 34.4 Å². The fourth-order valence-corrected chi connectivity index (χ4v) is 3.91. The molecule has 1 amide bonds. The highest BCUT2D eigenvalue weighted by molar-refractivity contribution is 7.13. The van der Waals surface area contributed by atoms with Crippen LogP contribution in [0.5, 0.6) is 0 Å². The maximum absolute atomic E-state index is 12.8. The maximum Gasteiger partial charge on any atom is 0.273 e. The summed E-state index contributed by atoms with van der Waals surface area (Å²) in [5.41, 5.74) is 2.63. The van der Waals surface area contributed by atoms with Crippen molar-refractivity contribution in [2.45, 2.75) is 0 Å². The SMILES string of the molecule is O=C(c1csc(-c2ccncc2)n1)N1CCN(c2ccc(Cl)cc2)CC1. The Kier molecular flexibility index (Phi) is 4.86. The van der Waals surface area contributed by atoms with E-state index in [1.165, 1.54) is 11.3 Å². The number of thiazole rings is 1. The van der Waals surface area contributed by atoms with E-state index < -0.39 is 0 Å².